The fourth-order valence-electron chi connectivity index (χ4n) is 5.46. The van der Waals surface area contributed by atoms with Crippen LogP contribution >= 0.6 is 11.3 Å². The highest BCUT2D eigenvalue weighted by atomic mass is 32.2. The van der Waals surface area contributed by atoms with Gasteiger partial charge in [0, 0.05) is 44.8 Å². The van der Waals surface area contributed by atoms with Crippen LogP contribution in [0.4, 0.5) is 9.52 Å². The molecule has 2 atom stereocenters. The van der Waals surface area contributed by atoms with Crippen LogP contribution in [0.2, 0.25) is 0 Å². The maximum Gasteiger partial charge on any atom is 0.260 e. The van der Waals surface area contributed by atoms with Crippen LogP contribution in [-0.4, -0.2) is 81.0 Å². The molecule has 2 aromatic carbocycles. The van der Waals surface area contributed by atoms with E-state index in [2.05, 4.69) is 23.7 Å². The van der Waals surface area contributed by atoms with E-state index in [1.54, 1.807) is 33.5 Å². The third-order valence-electron chi connectivity index (χ3n) is 7.37. The standard InChI is InChI=1S/C28H35FN4O4S2/c1-20-17-21(2)19-32(18-20)39(35,36)23-9-7-22(8-10-23)27(34)33(12-4-11-31-13-15-37-16-14-31)28-30-26-24(29)5-3-6-25(26)38-28/h3,5-10,20-21H,4,11-19H2,1-2H3. The molecule has 0 N–H and O–H groups in total. The number of thiazole rings is 1. The Bertz CT molecular complexity index is 1400. The number of aromatic nitrogens is 1. The SMILES string of the molecule is CC1CC(C)CN(S(=O)(=O)c2ccc(C(=O)N(CCCN3CCOCC3)c3nc4c(F)cccc4s3)cc2)C1. The molecule has 1 aromatic heterocycles. The molecule has 5 rings (SSSR count). The zero-order chi connectivity index (χ0) is 27.6. The van der Waals surface area contributed by atoms with Crippen molar-refractivity contribution in [1.82, 2.24) is 14.2 Å². The number of sulfonamides is 1. The van der Waals surface area contributed by atoms with Crippen LogP contribution in [0.5, 0.6) is 0 Å². The van der Waals surface area contributed by atoms with E-state index in [0.717, 1.165) is 26.1 Å². The highest BCUT2D eigenvalue weighted by Gasteiger charge is 2.32. The van der Waals surface area contributed by atoms with Gasteiger partial charge >= 0.3 is 0 Å². The molecule has 2 aliphatic rings. The molecule has 3 aromatic rings. The predicted molar refractivity (Wildman–Crippen MR) is 151 cm³/mol. The summed E-state index contributed by atoms with van der Waals surface area (Å²) in [6, 6.07) is 10.9. The van der Waals surface area contributed by atoms with Gasteiger partial charge in [-0.05, 0) is 61.1 Å². The number of para-hydroxylation sites is 1. The molecule has 2 unspecified atom stereocenters. The van der Waals surface area contributed by atoms with Crippen molar-refractivity contribution < 1.29 is 22.3 Å². The number of piperidine rings is 1. The molecule has 39 heavy (non-hydrogen) atoms. The van der Waals surface area contributed by atoms with E-state index in [4.69, 9.17) is 4.74 Å². The van der Waals surface area contributed by atoms with Crippen LogP contribution in [-0.2, 0) is 14.8 Å². The molecule has 0 aliphatic carbocycles. The molecule has 2 aliphatic heterocycles. The summed E-state index contributed by atoms with van der Waals surface area (Å²) in [4.78, 5) is 22.3. The number of nitrogens with zero attached hydrogens (tertiary/aromatic N) is 4. The van der Waals surface area contributed by atoms with E-state index < -0.39 is 15.8 Å². The van der Waals surface area contributed by atoms with E-state index >= 15 is 0 Å². The Kier molecular flexibility index (Phi) is 8.63. The second kappa shape index (κ2) is 12.0. The number of carbonyl (C=O) groups is 1. The molecular formula is C28H35FN4O4S2. The maximum atomic E-state index is 14.4. The molecule has 2 saturated heterocycles. The van der Waals surface area contributed by atoms with Gasteiger partial charge in [-0.15, -0.1) is 0 Å². The molecule has 0 radical (unpaired) electrons. The molecule has 1 amide bonds. The number of halogens is 1. The zero-order valence-corrected chi connectivity index (χ0v) is 24.0. The quantitative estimate of drug-likeness (QED) is 0.395. The van der Waals surface area contributed by atoms with Crippen molar-refractivity contribution in [2.24, 2.45) is 11.8 Å². The van der Waals surface area contributed by atoms with Crippen LogP contribution in [0.1, 0.15) is 37.0 Å². The lowest BCUT2D eigenvalue weighted by Gasteiger charge is -2.34. The van der Waals surface area contributed by atoms with Crippen molar-refractivity contribution in [2.75, 3.05) is 57.4 Å². The van der Waals surface area contributed by atoms with Crippen molar-refractivity contribution >= 4 is 42.6 Å². The molecule has 3 heterocycles. The first-order valence-electron chi connectivity index (χ1n) is 13.5. The number of amides is 1. The van der Waals surface area contributed by atoms with E-state index in [0.29, 0.717) is 66.5 Å². The predicted octanol–water partition coefficient (Wildman–Crippen LogP) is 4.47. The van der Waals surface area contributed by atoms with Gasteiger partial charge in [0.2, 0.25) is 10.0 Å². The van der Waals surface area contributed by atoms with Crippen LogP contribution in [0.15, 0.2) is 47.4 Å². The lowest BCUT2D eigenvalue weighted by Crippen LogP contribution is -2.42. The second-order valence-electron chi connectivity index (χ2n) is 10.6. The van der Waals surface area contributed by atoms with E-state index in [-0.39, 0.29) is 16.3 Å². The van der Waals surface area contributed by atoms with Crippen molar-refractivity contribution in [2.45, 2.75) is 31.6 Å². The smallest absolute Gasteiger partial charge is 0.260 e. The van der Waals surface area contributed by atoms with E-state index in [9.17, 15) is 17.6 Å². The molecule has 0 spiro atoms. The molecule has 210 valence electrons. The summed E-state index contributed by atoms with van der Waals surface area (Å²) in [6.07, 6.45) is 1.72. The number of anilines is 1. The average molecular weight is 575 g/mol. The lowest BCUT2D eigenvalue weighted by molar-refractivity contribution is 0.0376. The van der Waals surface area contributed by atoms with Gasteiger partial charge in [-0.25, -0.2) is 17.8 Å². The Morgan fingerprint density at radius 1 is 1.10 bits per heavy atom. The molecule has 0 saturated carbocycles. The number of rotatable bonds is 8. The summed E-state index contributed by atoms with van der Waals surface area (Å²) >= 11 is 1.27. The van der Waals surface area contributed by atoms with E-state index in [1.165, 1.54) is 29.5 Å². The van der Waals surface area contributed by atoms with Gasteiger partial charge in [0.05, 0.1) is 22.8 Å². The number of hydrogen-bond acceptors (Lipinski definition) is 7. The summed E-state index contributed by atoms with van der Waals surface area (Å²) < 4.78 is 48.7. The molecule has 2 fully saturated rings. The van der Waals surface area contributed by atoms with Gasteiger partial charge in [-0.2, -0.15) is 4.31 Å². The first-order valence-corrected chi connectivity index (χ1v) is 15.8. The van der Waals surface area contributed by atoms with Crippen molar-refractivity contribution in [3.63, 3.8) is 0 Å². The third kappa shape index (κ3) is 6.33. The summed E-state index contributed by atoms with van der Waals surface area (Å²) in [5.41, 5.74) is 0.607. The second-order valence-corrected chi connectivity index (χ2v) is 13.6. The highest BCUT2D eigenvalue weighted by molar-refractivity contribution is 7.89. The Morgan fingerprint density at radius 3 is 2.46 bits per heavy atom. The summed E-state index contributed by atoms with van der Waals surface area (Å²) in [5, 5.41) is 0.426. The zero-order valence-electron chi connectivity index (χ0n) is 22.4. The molecule has 8 nitrogen and oxygen atoms in total. The lowest BCUT2D eigenvalue weighted by atomic mass is 9.94. The monoisotopic (exact) mass is 574 g/mol. The fraction of sp³-hybridized carbons (Fsp3) is 0.500. The third-order valence-corrected chi connectivity index (χ3v) is 10.3. The Morgan fingerprint density at radius 2 is 1.79 bits per heavy atom. The number of fused-ring (bicyclic) bond motifs is 1. The van der Waals surface area contributed by atoms with Gasteiger partial charge in [0.25, 0.3) is 5.91 Å². The van der Waals surface area contributed by atoms with Crippen LogP contribution in [0.25, 0.3) is 10.2 Å². The number of benzene rings is 2. The minimum absolute atomic E-state index is 0.182. The number of ether oxygens (including phenoxy) is 1. The van der Waals surface area contributed by atoms with Gasteiger partial charge in [0.15, 0.2) is 5.13 Å². The summed E-state index contributed by atoms with van der Waals surface area (Å²) in [7, 11) is -3.65. The van der Waals surface area contributed by atoms with Crippen LogP contribution in [0.3, 0.4) is 0 Å². The first-order chi connectivity index (χ1) is 18.7. The summed E-state index contributed by atoms with van der Waals surface area (Å²) in [6.45, 7) is 9.45. The normalized spacial score (nSPS) is 21.3. The van der Waals surface area contributed by atoms with Gasteiger partial charge in [-0.1, -0.05) is 31.3 Å². The minimum atomic E-state index is -3.65. The number of hydrogen-bond donors (Lipinski definition) is 0. The maximum absolute atomic E-state index is 14.4. The van der Waals surface area contributed by atoms with Crippen LogP contribution < -0.4 is 4.90 Å². The van der Waals surface area contributed by atoms with Gasteiger partial charge in [0.1, 0.15) is 11.3 Å². The average Bonchev–Trinajstić information content (AvgIpc) is 3.36. The van der Waals surface area contributed by atoms with Crippen molar-refractivity contribution in [1.29, 1.82) is 0 Å². The largest absolute Gasteiger partial charge is 0.379 e. The summed E-state index contributed by atoms with van der Waals surface area (Å²) in [5.74, 6) is -0.115. The Balaban J connectivity index is 1.37. The molecule has 0 bridgehead atoms. The number of morpholine rings is 1. The Labute approximate surface area is 233 Å². The molecule has 11 heteroatoms. The number of carbonyl (C=O) groups excluding carboxylic acids is 1. The first kappa shape index (κ1) is 28.1. The van der Waals surface area contributed by atoms with Gasteiger partial charge < -0.3 is 4.74 Å². The minimum Gasteiger partial charge on any atom is -0.379 e. The topological polar surface area (TPSA) is 83.1 Å². The Hall–Kier alpha value is -2.44. The molecular weight excluding hydrogens is 539 g/mol. The van der Waals surface area contributed by atoms with Crippen LogP contribution in [0, 0.1) is 17.7 Å². The van der Waals surface area contributed by atoms with Crippen molar-refractivity contribution in [3.05, 3.63) is 53.8 Å². The van der Waals surface area contributed by atoms with E-state index in [1.807, 2.05) is 0 Å². The van der Waals surface area contributed by atoms with Crippen molar-refractivity contribution in [3.8, 4) is 0 Å². The highest BCUT2D eigenvalue weighted by Crippen LogP contribution is 2.32. The van der Waals surface area contributed by atoms with Gasteiger partial charge in [-0.3, -0.25) is 14.6 Å². The fourth-order valence-corrected chi connectivity index (χ4v) is 8.14.